The number of aromatic amines is 1. The first-order valence-electron chi connectivity index (χ1n) is 7.00. The summed E-state index contributed by atoms with van der Waals surface area (Å²) < 4.78 is 14.8. The maximum Gasteiger partial charge on any atom is 0.469 e. The molecule has 8 N–H and O–H groups in total. The number of hydrazine groups is 1. The number of anilines is 1. The number of phosphoric acid groups is 1. The number of aliphatic hydroxyl groups is 3. The number of fused-ring (bicyclic) bond motifs is 5. The Labute approximate surface area is 135 Å². The van der Waals surface area contributed by atoms with E-state index in [1.54, 1.807) is 0 Å². The monoisotopic (exact) mass is 364 g/mol. The van der Waals surface area contributed by atoms with Crippen molar-refractivity contribution in [2.45, 2.75) is 30.9 Å². The van der Waals surface area contributed by atoms with Gasteiger partial charge in [-0.05, 0) is 12.0 Å². The Kier molecular flexibility index (Phi) is 4.18. The van der Waals surface area contributed by atoms with Crippen LogP contribution in [-0.4, -0.2) is 54.9 Å². The predicted molar refractivity (Wildman–Crippen MR) is 77.2 cm³/mol. The minimum atomic E-state index is -4.63. The van der Waals surface area contributed by atoms with E-state index in [0.717, 1.165) is 5.01 Å². The van der Waals surface area contributed by atoms with Crippen molar-refractivity contribution in [3.05, 3.63) is 17.5 Å². The van der Waals surface area contributed by atoms with Crippen molar-refractivity contribution >= 4 is 19.5 Å². The van der Waals surface area contributed by atoms with Crippen LogP contribution in [0.2, 0.25) is 0 Å². The maximum atomic E-state index is 11.7. The summed E-state index contributed by atoms with van der Waals surface area (Å²) in [6.45, 7) is -0.427. The molecule has 12 nitrogen and oxygen atoms in total. The lowest BCUT2D eigenvalue weighted by atomic mass is 10.0. The average molecular weight is 364 g/mol. The molecule has 13 heteroatoms. The fraction of sp³-hybridized carbons (Fsp3) is 0.545. The van der Waals surface area contributed by atoms with Crippen molar-refractivity contribution in [2.24, 2.45) is 0 Å². The Hall–Kier alpha value is -1.50. The van der Waals surface area contributed by atoms with Crippen LogP contribution in [0.25, 0.3) is 0 Å². The molecular weight excluding hydrogens is 347 g/mol. The quantitative estimate of drug-likeness (QED) is 0.251. The number of nitrogens with zero attached hydrogens (tertiary/aromatic N) is 1. The number of phosphoric ester groups is 1. The number of hydrogen-bond acceptors (Lipinski definition) is 7. The zero-order valence-corrected chi connectivity index (χ0v) is 13.1. The molecular formula is C11H17N4O8P. The van der Waals surface area contributed by atoms with Gasteiger partial charge in [0.05, 0.1) is 24.5 Å². The van der Waals surface area contributed by atoms with Crippen LogP contribution in [0.3, 0.4) is 0 Å². The second kappa shape index (κ2) is 5.79. The number of aromatic nitrogens is 1. The van der Waals surface area contributed by atoms with Crippen LogP contribution < -0.4 is 15.8 Å². The van der Waals surface area contributed by atoms with Gasteiger partial charge in [-0.25, -0.2) is 14.4 Å². The molecule has 0 radical (unpaired) electrons. The Morgan fingerprint density at radius 3 is 2.71 bits per heavy atom. The molecule has 2 bridgehead atoms. The molecule has 2 aliphatic rings. The molecule has 3 rings (SSSR count). The first-order valence-corrected chi connectivity index (χ1v) is 8.53. The molecule has 0 aliphatic carbocycles. The van der Waals surface area contributed by atoms with E-state index in [9.17, 15) is 24.7 Å². The number of hydrogen-bond donors (Lipinski definition) is 8. The molecule has 134 valence electrons. The SMILES string of the molecule is O=C1NC2(O)NN1c1c(C[C@H](O)[C@H](O)CCOP(=O)(O)O)c[nH]c12. The molecule has 1 saturated heterocycles. The van der Waals surface area contributed by atoms with Crippen molar-refractivity contribution in [1.29, 1.82) is 0 Å². The van der Waals surface area contributed by atoms with Crippen LogP contribution in [0.4, 0.5) is 10.5 Å². The number of amides is 2. The van der Waals surface area contributed by atoms with Crippen LogP contribution in [0, 0.1) is 0 Å². The third-order valence-corrected chi connectivity index (χ3v) is 4.35. The highest BCUT2D eigenvalue weighted by Crippen LogP contribution is 2.41. The summed E-state index contributed by atoms with van der Waals surface area (Å²) in [5, 5.41) is 33.5. The lowest BCUT2D eigenvalue weighted by molar-refractivity contribution is 0.00417. The number of H-pyrrole nitrogens is 1. The Morgan fingerprint density at radius 1 is 1.33 bits per heavy atom. The normalized spacial score (nSPS) is 24.9. The van der Waals surface area contributed by atoms with Crippen molar-refractivity contribution in [2.75, 3.05) is 11.6 Å². The zero-order valence-electron chi connectivity index (χ0n) is 12.2. The van der Waals surface area contributed by atoms with Gasteiger partial charge < -0.3 is 30.1 Å². The van der Waals surface area contributed by atoms with Crippen molar-refractivity contribution in [1.82, 2.24) is 15.7 Å². The second-order valence-electron chi connectivity index (χ2n) is 5.58. The van der Waals surface area contributed by atoms with Crippen LogP contribution >= 0.6 is 7.82 Å². The first-order chi connectivity index (χ1) is 11.1. The molecule has 3 heterocycles. The van der Waals surface area contributed by atoms with Gasteiger partial charge in [0.2, 0.25) is 0 Å². The summed E-state index contributed by atoms with van der Waals surface area (Å²) in [4.78, 5) is 31.6. The highest BCUT2D eigenvalue weighted by atomic mass is 31.2. The van der Waals surface area contributed by atoms with Gasteiger partial charge in [0.15, 0.2) is 0 Å². The lowest BCUT2D eigenvalue weighted by Crippen LogP contribution is -2.45. The average Bonchev–Trinajstić information content (AvgIpc) is 3.07. The highest BCUT2D eigenvalue weighted by Gasteiger charge is 2.54. The van der Waals surface area contributed by atoms with Crippen LogP contribution in [-0.2, 0) is 21.4 Å². The summed E-state index contributed by atoms with van der Waals surface area (Å²) in [6, 6.07) is -0.559. The molecule has 0 aromatic carbocycles. The fourth-order valence-electron chi connectivity index (χ4n) is 2.72. The van der Waals surface area contributed by atoms with Gasteiger partial charge in [-0.1, -0.05) is 0 Å². The van der Waals surface area contributed by atoms with E-state index >= 15 is 0 Å². The van der Waals surface area contributed by atoms with Gasteiger partial charge >= 0.3 is 13.9 Å². The third-order valence-electron chi connectivity index (χ3n) is 3.83. The number of aliphatic hydroxyl groups excluding tert-OH is 2. The molecule has 0 spiro atoms. The number of rotatable bonds is 7. The van der Waals surface area contributed by atoms with Gasteiger partial charge in [-0.2, -0.15) is 5.43 Å². The smallest absolute Gasteiger partial charge is 0.390 e. The third kappa shape index (κ3) is 3.06. The minimum absolute atomic E-state index is 0.0511. The highest BCUT2D eigenvalue weighted by molar-refractivity contribution is 7.46. The van der Waals surface area contributed by atoms with Crippen molar-refractivity contribution in [3.63, 3.8) is 0 Å². The Bertz CT molecular complexity index is 704. The van der Waals surface area contributed by atoms with E-state index in [1.165, 1.54) is 6.20 Å². The van der Waals surface area contributed by atoms with E-state index in [-0.39, 0.29) is 12.8 Å². The van der Waals surface area contributed by atoms with Crippen molar-refractivity contribution < 1.29 is 39.0 Å². The maximum absolute atomic E-state index is 11.7. The summed E-state index contributed by atoms with van der Waals surface area (Å²) >= 11 is 0. The van der Waals surface area contributed by atoms with Crippen LogP contribution in [0.1, 0.15) is 17.7 Å². The van der Waals surface area contributed by atoms with Crippen molar-refractivity contribution in [3.8, 4) is 0 Å². The molecule has 1 aromatic rings. The Balaban J connectivity index is 1.64. The lowest BCUT2D eigenvalue weighted by Gasteiger charge is -2.20. The second-order valence-corrected chi connectivity index (χ2v) is 6.82. The predicted octanol–water partition coefficient (Wildman–Crippen LogP) is -2.07. The molecule has 1 aromatic heterocycles. The number of nitrogens with one attached hydrogen (secondary N) is 3. The van der Waals surface area contributed by atoms with E-state index in [0.29, 0.717) is 16.9 Å². The topological polar surface area (TPSA) is 188 Å². The van der Waals surface area contributed by atoms with Gasteiger partial charge in [-0.3, -0.25) is 9.84 Å². The Morgan fingerprint density at radius 2 is 2.04 bits per heavy atom. The van der Waals surface area contributed by atoms with E-state index in [4.69, 9.17) is 9.79 Å². The van der Waals surface area contributed by atoms with Gasteiger partial charge in [0.25, 0.3) is 5.85 Å². The fourth-order valence-corrected chi connectivity index (χ4v) is 3.06. The van der Waals surface area contributed by atoms with Crippen LogP contribution in [0.5, 0.6) is 0 Å². The molecule has 1 fully saturated rings. The van der Waals surface area contributed by atoms with E-state index in [2.05, 4.69) is 20.3 Å². The van der Waals surface area contributed by atoms with Gasteiger partial charge in [0.1, 0.15) is 5.69 Å². The number of urea groups is 1. The minimum Gasteiger partial charge on any atom is -0.390 e. The van der Waals surface area contributed by atoms with Crippen LogP contribution in [0.15, 0.2) is 6.20 Å². The summed E-state index contributed by atoms with van der Waals surface area (Å²) in [6.07, 6.45) is -1.30. The summed E-state index contributed by atoms with van der Waals surface area (Å²) in [5.41, 5.74) is 3.69. The molecule has 24 heavy (non-hydrogen) atoms. The summed E-state index contributed by atoms with van der Waals surface area (Å²) in [7, 11) is -4.63. The molecule has 2 amide bonds. The first kappa shape index (κ1) is 17.3. The largest absolute Gasteiger partial charge is 0.469 e. The van der Waals surface area contributed by atoms with E-state index < -0.39 is 38.5 Å². The van der Waals surface area contributed by atoms with Gasteiger partial charge in [-0.15, -0.1) is 0 Å². The number of carbonyl (C=O) groups is 1. The molecule has 1 unspecified atom stereocenters. The number of carbonyl (C=O) groups excluding carboxylic acids is 1. The standard InChI is InChI=1S/C11H17N4O8P/c16-6(1-2-23-24(20,21)22)7(17)3-5-4-12-9-8(5)15-10(18)13-11(9,19)14-15/h4,6-7,12,14,16-17,19H,1-3H2,(H,13,18)(H2,20,21,22)/t6-,7+,11?/m1/s1. The molecule has 3 atom stereocenters. The zero-order chi connectivity index (χ0) is 17.7. The molecule has 0 saturated carbocycles. The van der Waals surface area contributed by atoms with E-state index in [1.807, 2.05) is 0 Å². The summed E-state index contributed by atoms with van der Waals surface area (Å²) in [5.74, 6) is -1.73. The van der Waals surface area contributed by atoms with Gasteiger partial charge in [0, 0.05) is 12.6 Å². The molecule has 2 aliphatic heterocycles.